The van der Waals surface area contributed by atoms with E-state index in [1.165, 1.54) is 0 Å². The van der Waals surface area contributed by atoms with E-state index in [1.54, 1.807) is 12.1 Å². The first-order valence-electron chi connectivity index (χ1n) is 15.8. The van der Waals surface area contributed by atoms with Crippen molar-refractivity contribution in [1.29, 1.82) is 0 Å². The predicted octanol–water partition coefficient (Wildman–Crippen LogP) is 10.1. The van der Waals surface area contributed by atoms with Gasteiger partial charge in [-0.25, -0.2) is 9.97 Å². The minimum Gasteiger partial charge on any atom is -0.456 e. The molecule has 1 aliphatic heterocycles. The van der Waals surface area contributed by atoms with E-state index in [-0.39, 0.29) is 29.7 Å². The molecule has 0 unspecified atom stereocenters. The lowest BCUT2D eigenvalue weighted by Gasteiger charge is -2.22. The quantitative estimate of drug-likeness (QED) is 0.227. The molecule has 0 atom stereocenters. The van der Waals surface area contributed by atoms with Crippen LogP contribution in [0.25, 0.3) is 66.9 Å². The molecule has 0 N–H and O–H groups in total. The van der Waals surface area contributed by atoms with E-state index < -0.39 is 6.04 Å². The van der Waals surface area contributed by atoms with Crippen molar-refractivity contribution in [2.75, 3.05) is 0 Å². The summed E-state index contributed by atoms with van der Waals surface area (Å²) in [6.45, 7) is 0. The van der Waals surface area contributed by atoms with Crippen LogP contribution in [0.4, 0.5) is 0 Å². The second kappa shape index (κ2) is 9.58. The molecule has 8 rings (SSSR count). The summed E-state index contributed by atoms with van der Waals surface area (Å²) >= 11 is 0. The fraction of sp³-hybridized carbons (Fsp3) is 0. The summed E-state index contributed by atoms with van der Waals surface area (Å²) in [6.07, 6.45) is 0. The Morgan fingerprint density at radius 1 is 0.488 bits per heavy atom. The van der Waals surface area contributed by atoms with Gasteiger partial charge in [-0.1, -0.05) is 115 Å². The minimum atomic E-state index is -0.410. The van der Waals surface area contributed by atoms with Gasteiger partial charge in [-0.2, -0.15) is 0 Å². The average molecular weight is 530 g/mol. The largest absolute Gasteiger partial charge is 0.456 e. The van der Waals surface area contributed by atoms with Crippen molar-refractivity contribution in [1.82, 2.24) is 9.97 Å². The molecule has 2 heterocycles. The molecule has 0 fully saturated rings. The van der Waals surface area contributed by atoms with Crippen molar-refractivity contribution in [2.45, 2.75) is 0 Å². The Hall–Kier alpha value is -5.54. The van der Waals surface area contributed by atoms with E-state index in [0.717, 1.165) is 55.8 Å². The molecule has 41 heavy (non-hydrogen) atoms. The lowest BCUT2D eigenvalue weighted by Crippen LogP contribution is -1.99. The van der Waals surface area contributed by atoms with Crippen molar-refractivity contribution in [3.8, 4) is 67.7 Å². The van der Waals surface area contributed by atoms with E-state index in [4.69, 9.17) is 21.6 Å². The first-order chi connectivity index (χ1) is 22.4. The molecule has 0 saturated carbocycles. The molecule has 0 radical (unpaired) electrons. The normalized spacial score (nSPS) is 13.3. The number of aromatic nitrogens is 2. The Morgan fingerprint density at radius 2 is 1.20 bits per heavy atom. The van der Waals surface area contributed by atoms with Gasteiger partial charge < -0.3 is 4.74 Å². The smallest absolute Gasteiger partial charge is 0.160 e. The number of hydrogen-bond donors (Lipinski definition) is 0. The summed E-state index contributed by atoms with van der Waals surface area (Å²) in [6, 6.07) is 35.9. The van der Waals surface area contributed by atoms with Crippen LogP contribution in [0, 0.1) is 0 Å². The summed E-state index contributed by atoms with van der Waals surface area (Å²) < 4.78 is 47.1. The molecule has 0 spiro atoms. The molecule has 6 aromatic carbocycles. The van der Waals surface area contributed by atoms with Crippen LogP contribution in [-0.2, 0) is 0 Å². The molecule has 192 valence electrons. The van der Waals surface area contributed by atoms with E-state index >= 15 is 0 Å². The third-order valence-electron chi connectivity index (χ3n) is 7.38. The van der Waals surface area contributed by atoms with E-state index in [1.807, 2.05) is 72.8 Å². The Morgan fingerprint density at radius 3 is 2.00 bits per heavy atom. The average Bonchev–Trinajstić information content (AvgIpc) is 3.10. The Kier molecular flexibility index (Phi) is 4.37. The van der Waals surface area contributed by atoms with Crippen LogP contribution in [0.15, 0.2) is 145 Å². The van der Waals surface area contributed by atoms with Crippen molar-refractivity contribution < 1.29 is 11.6 Å². The second-order valence-electron chi connectivity index (χ2n) is 9.88. The lowest BCUT2D eigenvalue weighted by atomic mass is 9.93. The van der Waals surface area contributed by atoms with Crippen LogP contribution in [0.3, 0.4) is 0 Å². The molecular formula is C38H24N2O. The van der Waals surface area contributed by atoms with Crippen molar-refractivity contribution in [3.05, 3.63) is 145 Å². The van der Waals surface area contributed by atoms with Gasteiger partial charge in [0.25, 0.3) is 0 Å². The first-order valence-corrected chi connectivity index (χ1v) is 13.3. The monoisotopic (exact) mass is 529 g/mol. The highest BCUT2D eigenvalue weighted by Crippen LogP contribution is 2.47. The fourth-order valence-electron chi connectivity index (χ4n) is 5.38. The van der Waals surface area contributed by atoms with Crippen LogP contribution < -0.4 is 4.74 Å². The van der Waals surface area contributed by atoms with Crippen LogP contribution in [0.5, 0.6) is 11.5 Å². The Bertz CT molecular complexity index is 2310. The zero-order valence-electron chi connectivity index (χ0n) is 26.8. The SMILES string of the molecule is [2H]c1c([2H])c([2H])c(-c2ccc(-c3cc(-c4ccc5c(c4)-c4cccc6cccc(c46)O5)nc(-c4ccccc4)n3)cc2)c([2H])c1[2H]. The van der Waals surface area contributed by atoms with Crippen LogP contribution in [0.2, 0.25) is 0 Å². The number of rotatable bonds is 4. The maximum Gasteiger partial charge on any atom is 0.160 e. The highest BCUT2D eigenvalue weighted by Gasteiger charge is 2.21. The summed E-state index contributed by atoms with van der Waals surface area (Å²) in [5.41, 5.74) is 6.82. The molecule has 7 aromatic rings. The van der Waals surface area contributed by atoms with E-state index in [0.29, 0.717) is 17.1 Å². The van der Waals surface area contributed by atoms with Crippen LogP contribution in [-0.4, -0.2) is 9.97 Å². The zero-order chi connectivity index (χ0) is 31.5. The Balaban J connectivity index is 1.26. The number of hydrogen-bond acceptors (Lipinski definition) is 3. The number of ether oxygens (including phenoxy) is 1. The van der Waals surface area contributed by atoms with Crippen molar-refractivity contribution >= 4 is 10.8 Å². The molecular weight excluding hydrogens is 500 g/mol. The fourth-order valence-corrected chi connectivity index (χ4v) is 5.38. The minimum absolute atomic E-state index is 0.166. The third kappa shape index (κ3) is 4.16. The summed E-state index contributed by atoms with van der Waals surface area (Å²) in [4.78, 5) is 9.93. The van der Waals surface area contributed by atoms with Gasteiger partial charge in [0.2, 0.25) is 0 Å². The molecule has 1 aliphatic rings. The van der Waals surface area contributed by atoms with Gasteiger partial charge in [0.15, 0.2) is 5.82 Å². The van der Waals surface area contributed by atoms with Gasteiger partial charge >= 0.3 is 0 Å². The molecule has 0 amide bonds. The van der Waals surface area contributed by atoms with E-state index in [9.17, 15) is 0 Å². The van der Waals surface area contributed by atoms with Crippen LogP contribution >= 0.6 is 0 Å². The van der Waals surface area contributed by atoms with Gasteiger partial charge in [0.1, 0.15) is 11.5 Å². The Labute approximate surface area is 245 Å². The van der Waals surface area contributed by atoms with Crippen molar-refractivity contribution in [3.63, 3.8) is 0 Å². The standard InChI is InChI=1S/C38H24N2O/c1-3-9-25(10-4-1)26-17-19-27(20-18-26)33-24-34(40-38(39-33)29-11-5-2-6-12-29)30-21-22-35-32(23-30)31-15-7-13-28-14-8-16-36(41-35)37(28)31/h1-24H/i1D,3D,4D,9D,10D. The first kappa shape index (κ1) is 18.7. The second-order valence-corrected chi connectivity index (χ2v) is 9.88. The molecule has 3 nitrogen and oxygen atoms in total. The van der Waals surface area contributed by atoms with Crippen molar-refractivity contribution in [2.24, 2.45) is 0 Å². The van der Waals surface area contributed by atoms with E-state index in [2.05, 4.69) is 30.3 Å². The maximum absolute atomic E-state index is 8.38. The van der Waals surface area contributed by atoms with Gasteiger partial charge in [0.05, 0.1) is 18.2 Å². The van der Waals surface area contributed by atoms with Gasteiger partial charge in [-0.05, 0) is 52.4 Å². The van der Waals surface area contributed by atoms with Crippen LogP contribution in [0.1, 0.15) is 6.85 Å². The number of benzene rings is 6. The zero-order valence-corrected chi connectivity index (χ0v) is 21.8. The molecule has 0 aliphatic carbocycles. The summed E-state index contributed by atoms with van der Waals surface area (Å²) in [5, 5.41) is 2.20. The highest BCUT2D eigenvalue weighted by molar-refractivity contribution is 6.04. The predicted molar refractivity (Wildman–Crippen MR) is 167 cm³/mol. The summed E-state index contributed by atoms with van der Waals surface area (Å²) in [7, 11) is 0. The number of fused-ring (bicyclic) bond motifs is 2. The summed E-state index contributed by atoms with van der Waals surface area (Å²) in [5.74, 6) is 2.20. The topological polar surface area (TPSA) is 35.0 Å². The molecule has 0 saturated heterocycles. The number of nitrogens with zero attached hydrogens (tertiary/aromatic N) is 2. The highest BCUT2D eigenvalue weighted by atomic mass is 16.5. The van der Waals surface area contributed by atoms with Gasteiger partial charge in [-0.15, -0.1) is 0 Å². The molecule has 1 aromatic heterocycles. The molecule has 3 heteroatoms. The third-order valence-corrected chi connectivity index (χ3v) is 7.38. The van der Waals surface area contributed by atoms with Gasteiger partial charge in [0, 0.05) is 27.6 Å². The van der Waals surface area contributed by atoms with Gasteiger partial charge in [-0.3, -0.25) is 0 Å². The lowest BCUT2D eigenvalue weighted by molar-refractivity contribution is 0.487. The molecule has 0 bridgehead atoms. The maximum atomic E-state index is 8.38.